The van der Waals surface area contributed by atoms with Crippen LogP contribution in [0.15, 0.2) is 158 Å². The van der Waals surface area contributed by atoms with Gasteiger partial charge in [-0.15, -0.1) is 0 Å². The number of pyridine rings is 1. The molecule has 7 aromatic carbocycles. The summed E-state index contributed by atoms with van der Waals surface area (Å²) < 4.78 is 0. The summed E-state index contributed by atoms with van der Waals surface area (Å²) >= 11 is 0. The van der Waals surface area contributed by atoms with Gasteiger partial charge in [0, 0.05) is 17.3 Å². The van der Waals surface area contributed by atoms with Crippen molar-refractivity contribution in [3.05, 3.63) is 163 Å². The van der Waals surface area contributed by atoms with Crippen molar-refractivity contribution in [2.24, 2.45) is 0 Å². The highest BCUT2D eigenvalue weighted by Gasteiger charge is 2.21. The molecule has 8 aromatic rings. The van der Waals surface area contributed by atoms with Gasteiger partial charge in [0.25, 0.3) is 0 Å². The first-order valence-corrected chi connectivity index (χ1v) is 14.8. The minimum Gasteiger partial charge on any atom is -0.256 e. The molecule has 0 aliphatic heterocycles. The molecule has 1 nitrogen and oxygen atoms in total. The van der Waals surface area contributed by atoms with Crippen molar-refractivity contribution in [1.82, 2.24) is 4.98 Å². The molecule has 0 unspecified atom stereocenters. The Morgan fingerprint density at radius 1 is 0.372 bits per heavy atom. The van der Waals surface area contributed by atoms with Crippen LogP contribution in [0.5, 0.6) is 0 Å². The molecule has 0 aliphatic carbocycles. The van der Waals surface area contributed by atoms with Gasteiger partial charge in [-0.05, 0) is 78.7 Å². The van der Waals surface area contributed by atoms with E-state index in [1.807, 2.05) is 6.20 Å². The summed E-state index contributed by atoms with van der Waals surface area (Å²) in [5.41, 5.74) is 10.5. The Hall–Kier alpha value is -5.53. The smallest absolute Gasteiger partial charge is 0.0792 e. The van der Waals surface area contributed by atoms with E-state index in [2.05, 4.69) is 159 Å². The maximum Gasteiger partial charge on any atom is 0.0792 e. The Morgan fingerprint density at radius 3 is 1.56 bits per heavy atom. The van der Waals surface area contributed by atoms with E-state index in [0.717, 1.165) is 22.4 Å². The van der Waals surface area contributed by atoms with Crippen molar-refractivity contribution in [3.63, 3.8) is 0 Å². The highest BCUT2D eigenvalue weighted by molar-refractivity contribution is 6.29. The van der Waals surface area contributed by atoms with Crippen molar-refractivity contribution >= 4 is 32.3 Å². The molecule has 0 atom stereocenters. The Morgan fingerprint density at radius 2 is 0.884 bits per heavy atom. The van der Waals surface area contributed by atoms with E-state index < -0.39 is 0 Å². The van der Waals surface area contributed by atoms with Crippen LogP contribution in [0.3, 0.4) is 0 Å². The van der Waals surface area contributed by atoms with Crippen molar-refractivity contribution in [2.45, 2.75) is 6.92 Å². The fourth-order valence-electron chi connectivity index (χ4n) is 6.78. The summed E-state index contributed by atoms with van der Waals surface area (Å²) in [6.45, 7) is 2.24. The Bertz CT molecular complexity index is 2250. The van der Waals surface area contributed by atoms with Crippen LogP contribution in [0.25, 0.3) is 77.0 Å². The molecular weight excluding hydrogens is 518 g/mol. The van der Waals surface area contributed by atoms with E-state index in [9.17, 15) is 0 Å². The molecule has 0 bridgehead atoms. The molecule has 0 radical (unpaired) electrons. The first-order chi connectivity index (χ1) is 21.3. The quantitative estimate of drug-likeness (QED) is 0.200. The standard InChI is InChI=1S/C42H29N/c1-28-24-25-37-34-20-9-8-18-32(34)33-19-10-11-21-35(33)41(37)39(28)36-22-12-13-23-38(36)42-40(30-16-6-3-7-17-30)31(26-27-43-42)29-14-4-2-5-15-29/h2-27H,1H3. The third-order valence-electron chi connectivity index (χ3n) is 8.67. The number of benzene rings is 7. The van der Waals surface area contributed by atoms with E-state index in [4.69, 9.17) is 4.98 Å². The van der Waals surface area contributed by atoms with Gasteiger partial charge >= 0.3 is 0 Å². The van der Waals surface area contributed by atoms with Gasteiger partial charge in [-0.25, -0.2) is 0 Å². The molecule has 202 valence electrons. The molecule has 0 saturated heterocycles. The van der Waals surface area contributed by atoms with Gasteiger partial charge in [-0.3, -0.25) is 4.98 Å². The third-order valence-corrected chi connectivity index (χ3v) is 8.67. The first-order valence-electron chi connectivity index (χ1n) is 14.8. The minimum atomic E-state index is 0.990. The summed E-state index contributed by atoms with van der Waals surface area (Å²) in [6.07, 6.45) is 1.96. The minimum absolute atomic E-state index is 0.990. The Balaban J connectivity index is 1.50. The highest BCUT2D eigenvalue weighted by atomic mass is 14.7. The number of fused-ring (bicyclic) bond motifs is 6. The number of hydrogen-bond donors (Lipinski definition) is 0. The van der Waals surface area contributed by atoms with E-state index in [-0.39, 0.29) is 0 Å². The molecule has 0 N–H and O–H groups in total. The molecule has 43 heavy (non-hydrogen) atoms. The second kappa shape index (κ2) is 10.4. The molecule has 0 amide bonds. The molecule has 0 aliphatic rings. The molecule has 0 spiro atoms. The maximum absolute atomic E-state index is 5.12. The van der Waals surface area contributed by atoms with Gasteiger partial charge < -0.3 is 0 Å². The predicted octanol–water partition coefficient (Wildman–Crippen LogP) is 11.5. The fraction of sp³-hybridized carbons (Fsp3) is 0.0238. The zero-order chi connectivity index (χ0) is 28.8. The molecule has 1 heteroatoms. The lowest BCUT2D eigenvalue weighted by molar-refractivity contribution is 1.32. The molecular formula is C42H29N. The molecule has 0 fully saturated rings. The number of aryl methyl sites for hydroxylation is 1. The Kier molecular flexibility index (Phi) is 6.09. The van der Waals surface area contributed by atoms with Crippen molar-refractivity contribution in [3.8, 4) is 44.6 Å². The van der Waals surface area contributed by atoms with Crippen LogP contribution in [0.2, 0.25) is 0 Å². The van der Waals surface area contributed by atoms with Crippen LogP contribution in [-0.4, -0.2) is 4.98 Å². The number of rotatable bonds is 4. The number of hydrogen-bond acceptors (Lipinski definition) is 1. The van der Waals surface area contributed by atoms with Gasteiger partial charge in [-0.2, -0.15) is 0 Å². The second-order valence-electron chi connectivity index (χ2n) is 11.1. The van der Waals surface area contributed by atoms with E-state index in [1.54, 1.807) is 0 Å². The first kappa shape index (κ1) is 25.2. The van der Waals surface area contributed by atoms with Gasteiger partial charge in [-0.1, -0.05) is 146 Å². The molecule has 8 rings (SSSR count). The third kappa shape index (κ3) is 4.13. The summed E-state index contributed by atoms with van der Waals surface area (Å²) in [4.78, 5) is 5.12. The van der Waals surface area contributed by atoms with Gasteiger partial charge in [0.05, 0.1) is 5.69 Å². The summed E-state index contributed by atoms with van der Waals surface area (Å²) in [5, 5.41) is 7.70. The van der Waals surface area contributed by atoms with Crippen LogP contribution < -0.4 is 0 Å². The van der Waals surface area contributed by atoms with E-state index in [1.165, 1.54) is 60.1 Å². The predicted molar refractivity (Wildman–Crippen MR) is 183 cm³/mol. The van der Waals surface area contributed by atoms with E-state index >= 15 is 0 Å². The largest absolute Gasteiger partial charge is 0.256 e. The molecule has 1 aromatic heterocycles. The van der Waals surface area contributed by atoms with Crippen LogP contribution in [0, 0.1) is 6.92 Å². The maximum atomic E-state index is 5.12. The van der Waals surface area contributed by atoms with Crippen LogP contribution in [0.4, 0.5) is 0 Å². The number of aromatic nitrogens is 1. The normalized spacial score (nSPS) is 11.4. The lowest BCUT2D eigenvalue weighted by Crippen LogP contribution is -1.97. The van der Waals surface area contributed by atoms with Crippen LogP contribution >= 0.6 is 0 Å². The average Bonchev–Trinajstić information content (AvgIpc) is 3.09. The highest BCUT2D eigenvalue weighted by Crippen LogP contribution is 2.46. The van der Waals surface area contributed by atoms with E-state index in [0.29, 0.717) is 0 Å². The molecule has 1 heterocycles. The van der Waals surface area contributed by atoms with Gasteiger partial charge in [0.15, 0.2) is 0 Å². The summed E-state index contributed by atoms with van der Waals surface area (Å²) in [7, 11) is 0. The monoisotopic (exact) mass is 547 g/mol. The average molecular weight is 548 g/mol. The Labute approximate surface area is 251 Å². The fourth-order valence-corrected chi connectivity index (χ4v) is 6.78. The zero-order valence-electron chi connectivity index (χ0n) is 24.0. The van der Waals surface area contributed by atoms with Gasteiger partial charge in [0.1, 0.15) is 0 Å². The zero-order valence-corrected chi connectivity index (χ0v) is 24.0. The summed E-state index contributed by atoms with van der Waals surface area (Å²) in [6, 6.07) is 54.5. The second-order valence-corrected chi connectivity index (χ2v) is 11.1. The summed E-state index contributed by atoms with van der Waals surface area (Å²) in [5.74, 6) is 0. The lowest BCUT2D eigenvalue weighted by atomic mass is 9.84. The van der Waals surface area contributed by atoms with Crippen LogP contribution in [0.1, 0.15) is 5.56 Å². The van der Waals surface area contributed by atoms with Crippen molar-refractivity contribution < 1.29 is 0 Å². The topological polar surface area (TPSA) is 12.9 Å². The lowest BCUT2D eigenvalue weighted by Gasteiger charge is -2.20. The van der Waals surface area contributed by atoms with Crippen LogP contribution in [-0.2, 0) is 0 Å². The molecule has 0 saturated carbocycles. The SMILES string of the molecule is Cc1ccc2c3ccccc3c3ccccc3c2c1-c1ccccc1-c1nccc(-c2ccccc2)c1-c1ccccc1. The van der Waals surface area contributed by atoms with Gasteiger partial charge in [0.2, 0.25) is 0 Å². The van der Waals surface area contributed by atoms with Crippen molar-refractivity contribution in [1.29, 1.82) is 0 Å². The number of nitrogens with zero attached hydrogens (tertiary/aromatic N) is 1. The van der Waals surface area contributed by atoms with Crippen molar-refractivity contribution in [2.75, 3.05) is 0 Å².